The Morgan fingerprint density at radius 1 is 1.47 bits per heavy atom. The molecule has 0 aromatic carbocycles. The first kappa shape index (κ1) is 11.5. The van der Waals surface area contributed by atoms with Crippen LogP contribution in [0.15, 0.2) is 10.7 Å². The van der Waals surface area contributed by atoms with Gasteiger partial charge in [0.2, 0.25) is 0 Å². The number of alkyl halides is 2. The molecule has 0 amide bonds. The molecule has 0 saturated carbocycles. The summed E-state index contributed by atoms with van der Waals surface area (Å²) in [6.45, 7) is 0. The molecule has 1 aromatic rings. The largest absolute Gasteiger partial charge is 0.266 e. The van der Waals surface area contributed by atoms with Gasteiger partial charge in [-0.25, -0.2) is 8.78 Å². The van der Waals surface area contributed by atoms with Crippen molar-refractivity contribution in [2.45, 2.75) is 12.8 Å². The van der Waals surface area contributed by atoms with Gasteiger partial charge in [0.1, 0.15) is 6.07 Å². The average molecular weight is 272 g/mol. The van der Waals surface area contributed by atoms with Crippen LogP contribution < -0.4 is 0 Å². The summed E-state index contributed by atoms with van der Waals surface area (Å²) in [6, 6.07) is 3.56. The number of hydrogen-bond donors (Lipinski definition) is 0. The van der Waals surface area contributed by atoms with Crippen molar-refractivity contribution in [3.05, 3.63) is 27.5 Å². The van der Waals surface area contributed by atoms with Crippen LogP contribution in [0.2, 0.25) is 0 Å². The predicted octanol–water partition coefficient (Wildman–Crippen LogP) is 2.72. The molecule has 0 atom stereocenters. The molecule has 0 aliphatic heterocycles. The van der Waals surface area contributed by atoms with Crippen molar-refractivity contribution in [3.63, 3.8) is 0 Å². The number of hydrogen-bond acceptors (Lipinski definition) is 3. The standard InChI is InChI=1S/C9H4BrF2N3/c10-8-5(3-14)7(1-2-13)15-4-6(8)9(11)12/h4,9H,1H2. The lowest BCUT2D eigenvalue weighted by atomic mass is 10.1. The van der Waals surface area contributed by atoms with Crippen LogP contribution in [0.3, 0.4) is 0 Å². The van der Waals surface area contributed by atoms with E-state index in [9.17, 15) is 8.78 Å². The Morgan fingerprint density at radius 2 is 2.13 bits per heavy atom. The van der Waals surface area contributed by atoms with E-state index in [2.05, 4.69) is 20.9 Å². The molecule has 0 aliphatic rings. The summed E-state index contributed by atoms with van der Waals surface area (Å²) in [5.41, 5.74) is -0.140. The molecular weight excluding hydrogens is 268 g/mol. The fraction of sp³-hybridized carbons (Fsp3) is 0.222. The van der Waals surface area contributed by atoms with Crippen LogP contribution >= 0.6 is 15.9 Å². The maximum Gasteiger partial charge on any atom is 0.266 e. The summed E-state index contributed by atoms with van der Waals surface area (Å²) in [7, 11) is 0. The summed E-state index contributed by atoms with van der Waals surface area (Å²) in [4.78, 5) is 3.67. The Morgan fingerprint density at radius 3 is 2.60 bits per heavy atom. The van der Waals surface area contributed by atoms with E-state index in [0.29, 0.717) is 0 Å². The van der Waals surface area contributed by atoms with E-state index in [1.807, 2.05) is 6.07 Å². The second kappa shape index (κ2) is 4.81. The van der Waals surface area contributed by atoms with Crippen LogP contribution in [-0.2, 0) is 6.42 Å². The van der Waals surface area contributed by atoms with Crippen molar-refractivity contribution >= 4 is 15.9 Å². The number of pyridine rings is 1. The molecule has 0 N–H and O–H groups in total. The number of halogens is 3. The maximum atomic E-state index is 12.4. The number of aromatic nitrogens is 1. The van der Waals surface area contributed by atoms with Gasteiger partial charge < -0.3 is 0 Å². The lowest BCUT2D eigenvalue weighted by Gasteiger charge is -2.06. The molecule has 0 radical (unpaired) electrons. The van der Waals surface area contributed by atoms with Crippen molar-refractivity contribution in [2.24, 2.45) is 0 Å². The van der Waals surface area contributed by atoms with Gasteiger partial charge in [-0.2, -0.15) is 10.5 Å². The van der Waals surface area contributed by atoms with Crippen LogP contribution in [0, 0.1) is 22.7 Å². The van der Waals surface area contributed by atoms with E-state index < -0.39 is 6.43 Å². The van der Waals surface area contributed by atoms with E-state index >= 15 is 0 Å². The van der Waals surface area contributed by atoms with E-state index in [0.717, 1.165) is 6.20 Å². The van der Waals surface area contributed by atoms with Crippen LogP contribution in [-0.4, -0.2) is 4.98 Å². The maximum absolute atomic E-state index is 12.4. The highest BCUT2D eigenvalue weighted by atomic mass is 79.9. The third-order valence-corrected chi connectivity index (χ3v) is 2.57. The predicted molar refractivity (Wildman–Crippen MR) is 50.9 cm³/mol. The Bertz CT molecular complexity index is 460. The topological polar surface area (TPSA) is 60.5 Å². The molecule has 76 valence electrons. The van der Waals surface area contributed by atoms with Gasteiger partial charge in [0.05, 0.1) is 29.3 Å². The third-order valence-electron chi connectivity index (χ3n) is 1.71. The number of nitrogens with zero attached hydrogens (tertiary/aromatic N) is 3. The second-order valence-corrected chi connectivity index (χ2v) is 3.39. The first-order chi connectivity index (χ1) is 7.11. The molecule has 15 heavy (non-hydrogen) atoms. The Balaban J connectivity index is 3.35. The molecule has 1 heterocycles. The molecule has 0 saturated heterocycles. The molecule has 0 fully saturated rings. The zero-order valence-electron chi connectivity index (χ0n) is 7.34. The quantitative estimate of drug-likeness (QED) is 0.831. The van der Waals surface area contributed by atoms with Crippen LogP contribution in [0.4, 0.5) is 8.78 Å². The van der Waals surface area contributed by atoms with Crippen molar-refractivity contribution in [1.29, 1.82) is 10.5 Å². The van der Waals surface area contributed by atoms with Crippen molar-refractivity contribution in [1.82, 2.24) is 4.98 Å². The average Bonchev–Trinajstić information content (AvgIpc) is 2.18. The van der Waals surface area contributed by atoms with E-state index in [-0.39, 0.29) is 27.7 Å². The smallest absolute Gasteiger partial charge is 0.258 e. The normalized spacial score (nSPS) is 9.73. The Kier molecular flexibility index (Phi) is 3.70. The van der Waals surface area contributed by atoms with E-state index in [1.54, 1.807) is 6.07 Å². The van der Waals surface area contributed by atoms with Crippen molar-refractivity contribution < 1.29 is 8.78 Å². The molecule has 0 unspecified atom stereocenters. The fourth-order valence-corrected chi connectivity index (χ4v) is 1.61. The van der Waals surface area contributed by atoms with E-state index in [4.69, 9.17) is 10.5 Å². The summed E-state index contributed by atoms with van der Waals surface area (Å²) >= 11 is 2.91. The number of rotatable bonds is 2. The highest BCUT2D eigenvalue weighted by molar-refractivity contribution is 9.10. The van der Waals surface area contributed by atoms with Gasteiger partial charge in [-0.05, 0) is 15.9 Å². The molecule has 1 rings (SSSR count). The molecule has 3 nitrogen and oxygen atoms in total. The highest BCUT2D eigenvalue weighted by Crippen LogP contribution is 2.30. The van der Waals surface area contributed by atoms with Gasteiger partial charge in [-0.3, -0.25) is 4.98 Å². The zero-order chi connectivity index (χ0) is 11.4. The first-order valence-corrected chi connectivity index (χ1v) is 4.63. The summed E-state index contributed by atoms with van der Waals surface area (Å²) in [5.74, 6) is 0. The van der Waals surface area contributed by atoms with E-state index in [1.165, 1.54) is 0 Å². The summed E-state index contributed by atoms with van der Waals surface area (Å²) in [6.07, 6.45) is -1.80. The highest BCUT2D eigenvalue weighted by Gasteiger charge is 2.18. The summed E-state index contributed by atoms with van der Waals surface area (Å²) in [5, 5.41) is 17.2. The molecule has 1 aromatic heterocycles. The minimum Gasteiger partial charge on any atom is -0.258 e. The summed E-state index contributed by atoms with van der Waals surface area (Å²) < 4.78 is 24.8. The Hall–Kier alpha value is -1.53. The minimum atomic E-state index is -2.70. The third kappa shape index (κ3) is 2.28. The lowest BCUT2D eigenvalue weighted by Crippen LogP contribution is -1.99. The SMILES string of the molecule is N#CCc1ncc(C(F)F)c(Br)c1C#N. The van der Waals surface area contributed by atoms with Crippen LogP contribution in [0.5, 0.6) is 0 Å². The van der Waals surface area contributed by atoms with Crippen molar-refractivity contribution in [3.8, 4) is 12.1 Å². The number of nitriles is 2. The molecule has 0 bridgehead atoms. The first-order valence-electron chi connectivity index (χ1n) is 3.84. The Labute approximate surface area is 93.1 Å². The van der Waals surface area contributed by atoms with Gasteiger partial charge in [-0.1, -0.05) is 0 Å². The molecule has 6 heteroatoms. The van der Waals surface area contributed by atoms with Crippen LogP contribution in [0.25, 0.3) is 0 Å². The van der Waals surface area contributed by atoms with Gasteiger partial charge in [0.15, 0.2) is 0 Å². The second-order valence-electron chi connectivity index (χ2n) is 2.60. The fourth-order valence-electron chi connectivity index (χ4n) is 1.01. The van der Waals surface area contributed by atoms with Crippen molar-refractivity contribution in [2.75, 3.05) is 0 Å². The van der Waals surface area contributed by atoms with Crippen LogP contribution in [0.1, 0.15) is 23.2 Å². The molecule has 0 aliphatic carbocycles. The monoisotopic (exact) mass is 271 g/mol. The van der Waals surface area contributed by atoms with Gasteiger partial charge in [0, 0.05) is 10.7 Å². The molecule has 0 spiro atoms. The van der Waals surface area contributed by atoms with Gasteiger partial charge in [-0.15, -0.1) is 0 Å². The van der Waals surface area contributed by atoms with Gasteiger partial charge >= 0.3 is 0 Å². The molecular formula is C9H4BrF2N3. The zero-order valence-corrected chi connectivity index (χ0v) is 8.92. The van der Waals surface area contributed by atoms with Gasteiger partial charge in [0.25, 0.3) is 6.43 Å². The minimum absolute atomic E-state index is 0.00523. The lowest BCUT2D eigenvalue weighted by molar-refractivity contribution is 0.150.